The number of carbonyl (C=O) groups is 1. The van der Waals surface area contributed by atoms with E-state index in [4.69, 9.17) is 4.74 Å². The van der Waals surface area contributed by atoms with Crippen LogP contribution >= 0.6 is 0 Å². The molecule has 0 bridgehead atoms. The highest BCUT2D eigenvalue weighted by Crippen LogP contribution is 2.12. The lowest BCUT2D eigenvalue weighted by Crippen LogP contribution is -2.45. The van der Waals surface area contributed by atoms with Crippen LogP contribution in [0.4, 0.5) is 13.2 Å². The summed E-state index contributed by atoms with van der Waals surface area (Å²) in [7, 11) is 1.56. The van der Waals surface area contributed by atoms with Crippen molar-refractivity contribution < 1.29 is 22.7 Å². The molecular weight excluding hydrogens is 225 g/mol. The molecule has 2 N–H and O–H groups in total. The van der Waals surface area contributed by atoms with E-state index in [0.29, 0.717) is 19.6 Å². The molecule has 4 nitrogen and oxygen atoms in total. The van der Waals surface area contributed by atoms with E-state index in [9.17, 15) is 18.0 Å². The highest BCUT2D eigenvalue weighted by atomic mass is 19.4. The lowest BCUT2D eigenvalue weighted by molar-refractivity contribution is -0.139. The highest BCUT2D eigenvalue weighted by Gasteiger charge is 2.28. The minimum absolute atomic E-state index is 0.522. The van der Waals surface area contributed by atoms with E-state index in [0.717, 1.165) is 0 Å². The molecule has 0 aromatic carbocycles. The lowest BCUT2D eigenvalue weighted by Gasteiger charge is -2.14. The van der Waals surface area contributed by atoms with Gasteiger partial charge in [-0.15, -0.1) is 0 Å². The van der Waals surface area contributed by atoms with Crippen molar-refractivity contribution in [2.24, 2.45) is 0 Å². The maximum absolute atomic E-state index is 11.8. The molecule has 0 radical (unpaired) electrons. The Morgan fingerprint density at radius 1 is 1.44 bits per heavy atom. The number of nitrogens with one attached hydrogen (secondary N) is 2. The van der Waals surface area contributed by atoms with Gasteiger partial charge in [0.1, 0.15) is 6.54 Å². The predicted molar refractivity (Wildman–Crippen MR) is 53.0 cm³/mol. The molecule has 0 spiro atoms. The fourth-order valence-corrected chi connectivity index (χ4v) is 0.968. The zero-order chi connectivity index (χ0) is 12.6. The standard InChI is InChI=1S/C9H17F3N2O2/c1-7(13-4-3-5-16-2)8(15)14-6-9(10,11)12/h7,13H,3-6H2,1-2H3,(H,14,15). The Balaban J connectivity index is 3.65. The minimum atomic E-state index is -4.37. The molecule has 7 heteroatoms. The van der Waals surface area contributed by atoms with Crippen LogP contribution in [0, 0.1) is 0 Å². The van der Waals surface area contributed by atoms with Gasteiger partial charge in [-0.2, -0.15) is 13.2 Å². The molecule has 0 aliphatic rings. The fraction of sp³-hybridized carbons (Fsp3) is 0.889. The molecule has 0 saturated carbocycles. The fourth-order valence-electron chi connectivity index (χ4n) is 0.968. The Morgan fingerprint density at radius 3 is 2.56 bits per heavy atom. The molecule has 1 unspecified atom stereocenters. The van der Waals surface area contributed by atoms with Crippen LogP contribution in [0.15, 0.2) is 0 Å². The van der Waals surface area contributed by atoms with Crippen LogP contribution in [0.25, 0.3) is 0 Å². The molecule has 0 heterocycles. The number of methoxy groups -OCH3 is 1. The van der Waals surface area contributed by atoms with Crippen molar-refractivity contribution in [2.45, 2.75) is 25.6 Å². The molecule has 1 amide bonds. The average molecular weight is 242 g/mol. The Bertz CT molecular complexity index is 209. The van der Waals surface area contributed by atoms with Gasteiger partial charge in [-0.3, -0.25) is 4.79 Å². The van der Waals surface area contributed by atoms with Crippen LogP contribution in [0.1, 0.15) is 13.3 Å². The second-order valence-corrected chi connectivity index (χ2v) is 3.36. The van der Waals surface area contributed by atoms with E-state index in [1.807, 2.05) is 0 Å². The number of rotatable bonds is 7. The molecular formula is C9H17F3N2O2. The predicted octanol–water partition coefficient (Wildman–Crippen LogP) is 0.679. The molecule has 16 heavy (non-hydrogen) atoms. The number of hydrogen-bond acceptors (Lipinski definition) is 3. The first-order valence-corrected chi connectivity index (χ1v) is 4.93. The van der Waals surface area contributed by atoms with Crippen LogP contribution in [-0.2, 0) is 9.53 Å². The molecule has 0 aliphatic carbocycles. The van der Waals surface area contributed by atoms with Crippen molar-refractivity contribution in [1.82, 2.24) is 10.6 Å². The van der Waals surface area contributed by atoms with Gasteiger partial charge in [-0.25, -0.2) is 0 Å². The van der Waals surface area contributed by atoms with Gasteiger partial charge in [0.05, 0.1) is 6.04 Å². The van der Waals surface area contributed by atoms with Crippen LogP contribution in [-0.4, -0.2) is 44.9 Å². The average Bonchev–Trinajstić information content (AvgIpc) is 2.19. The topological polar surface area (TPSA) is 50.4 Å². The summed E-state index contributed by atoms with van der Waals surface area (Å²) < 4.78 is 40.1. The third-order valence-electron chi connectivity index (χ3n) is 1.83. The molecule has 0 fully saturated rings. The molecule has 0 rings (SSSR count). The largest absolute Gasteiger partial charge is 0.405 e. The van der Waals surface area contributed by atoms with Gasteiger partial charge in [0.25, 0.3) is 0 Å². The minimum Gasteiger partial charge on any atom is -0.385 e. The number of ether oxygens (including phenoxy) is 1. The van der Waals surface area contributed by atoms with Crippen molar-refractivity contribution >= 4 is 5.91 Å². The van der Waals surface area contributed by atoms with Gasteiger partial charge in [0.15, 0.2) is 0 Å². The maximum atomic E-state index is 11.8. The number of carbonyl (C=O) groups excluding carboxylic acids is 1. The summed E-state index contributed by atoms with van der Waals surface area (Å²) in [5, 5.41) is 4.60. The Morgan fingerprint density at radius 2 is 2.06 bits per heavy atom. The third kappa shape index (κ3) is 8.49. The van der Waals surface area contributed by atoms with E-state index in [1.165, 1.54) is 6.92 Å². The first-order chi connectivity index (χ1) is 7.37. The van der Waals surface area contributed by atoms with E-state index in [1.54, 1.807) is 12.4 Å². The quantitative estimate of drug-likeness (QED) is 0.645. The van der Waals surface area contributed by atoms with Crippen molar-refractivity contribution in [2.75, 3.05) is 26.8 Å². The van der Waals surface area contributed by atoms with Crippen LogP contribution in [0.2, 0.25) is 0 Å². The van der Waals surface area contributed by atoms with Crippen LogP contribution in [0.3, 0.4) is 0 Å². The van der Waals surface area contributed by atoms with Crippen molar-refractivity contribution in [3.63, 3.8) is 0 Å². The van der Waals surface area contributed by atoms with Crippen molar-refractivity contribution in [3.8, 4) is 0 Å². The Hall–Kier alpha value is -0.820. The molecule has 0 aromatic heterocycles. The van der Waals surface area contributed by atoms with Gasteiger partial charge in [-0.1, -0.05) is 0 Å². The summed E-state index contributed by atoms with van der Waals surface area (Å²) in [5.41, 5.74) is 0. The monoisotopic (exact) mass is 242 g/mol. The summed E-state index contributed by atoms with van der Waals surface area (Å²) in [4.78, 5) is 11.1. The zero-order valence-corrected chi connectivity index (χ0v) is 9.36. The smallest absolute Gasteiger partial charge is 0.385 e. The molecule has 0 aliphatic heterocycles. The van der Waals surface area contributed by atoms with Crippen molar-refractivity contribution in [1.29, 1.82) is 0 Å². The SMILES string of the molecule is COCCCNC(C)C(=O)NCC(F)(F)F. The normalized spacial score (nSPS) is 13.6. The highest BCUT2D eigenvalue weighted by molar-refractivity contribution is 5.81. The Labute approximate surface area is 92.5 Å². The summed E-state index contributed by atoms with van der Waals surface area (Å²) >= 11 is 0. The second kappa shape index (κ2) is 7.45. The third-order valence-corrected chi connectivity index (χ3v) is 1.83. The van der Waals surface area contributed by atoms with E-state index in [-0.39, 0.29) is 0 Å². The number of hydrogen-bond donors (Lipinski definition) is 2. The Kier molecular flexibility index (Phi) is 7.07. The summed E-state index contributed by atoms with van der Waals surface area (Å²) in [6, 6.07) is -0.640. The number of amides is 1. The van der Waals surface area contributed by atoms with E-state index < -0.39 is 24.7 Å². The first-order valence-electron chi connectivity index (χ1n) is 4.93. The zero-order valence-electron chi connectivity index (χ0n) is 9.36. The van der Waals surface area contributed by atoms with Gasteiger partial charge in [0.2, 0.25) is 5.91 Å². The number of alkyl halides is 3. The van der Waals surface area contributed by atoms with Crippen LogP contribution < -0.4 is 10.6 Å². The second-order valence-electron chi connectivity index (χ2n) is 3.36. The van der Waals surface area contributed by atoms with E-state index >= 15 is 0 Å². The summed E-state index contributed by atoms with van der Waals surface area (Å²) in [6.07, 6.45) is -3.67. The molecule has 0 aromatic rings. The molecule has 1 atom stereocenters. The lowest BCUT2D eigenvalue weighted by atomic mass is 10.3. The number of halogens is 3. The summed E-state index contributed by atoms with van der Waals surface area (Å²) in [6.45, 7) is 1.28. The van der Waals surface area contributed by atoms with Gasteiger partial charge < -0.3 is 15.4 Å². The summed E-state index contributed by atoms with van der Waals surface area (Å²) in [5.74, 6) is -0.658. The van der Waals surface area contributed by atoms with Crippen LogP contribution in [0.5, 0.6) is 0 Å². The van der Waals surface area contributed by atoms with E-state index in [2.05, 4.69) is 5.32 Å². The maximum Gasteiger partial charge on any atom is 0.405 e. The molecule has 96 valence electrons. The molecule has 0 saturated heterocycles. The van der Waals surface area contributed by atoms with Gasteiger partial charge in [0, 0.05) is 13.7 Å². The first kappa shape index (κ1) is 15.2. The van der Waals surface area contributed by atoms with Gasteiger partial charge >= 0.3 is 6.18 Å². The van der Waals surface area contributed by atoms with Crippen molar-refractivity contribution in [3.05, 3.63) is 0 Å². The van der Waals surface area contributed by atoms with Gasteiger partial charge in [-0.05, 0) is 19.9 Å².